The number of amides is 5. The van der Waals surface area contributed by atoms with Crippen molar-refractivity contribution in [3.63, 3.8) is 0 Å². The van der Waals surface area contributed by atoms with E-state index in [2.05, 4.69) is 26.6 Å². The van der Waals surface area contributed by atoms with Crippen molar-refractivity contribution in [1.82, 2.24) is 26.6 Å². The lowest BCUT2D eigenvalue weighted by atomic mass is 10.0. The minimum absolute atomic E-state index is 0.0170. The summed E-state index contributed by atoms with van der Waals surface area (Å²) in [7, 11) is 0. The number of hydrogen-bond acceptors (Lipinski definition) is 7. The van der Waals surface area contributed by atoms with Gasteiger partial charge < -0.3 is 37.4 Å². The summed E-state index contributed by atoms with van der Waals surface area (Å²) < 4.78 is 0. The molecule has 0 aromatic carbocycles. The van der Waals surface area contributed by atoms with Crippen LogP contribution < -0.4 is 32.3 Å². The molecular weight excluding hydrogens is 448 g/mol. The predicted molar refractivity (Wildman–Crippen MR) is 121 cm³/mol. The fraction of sp³-hybridized carbons (Fsp3) is 0.714. The monoisotopic (exact) mass is 484 g/mol. The molecule has 1 rings (SSSR count). The van der Waals surface area contributed by atoms with E-state index < -0.39 is 60.3 Å². The summed E-state index contributed by atoms with van der Waals surface area (Å²) in [6, 6.07) is -3.63. The van der Waals surface area contributed by atoms with Crippen molar-refractivity contribution >= 4 is 35.5 Å². The lowest BCUT2D eigenvalue weighted by Gasteiger charge is -2.22. The zero-order valence-corrected chi connectivity index (χ0v) is 19.8. The Balaban J connectivity index is 2.70. The summed E-state index contributed by atoms with van der Waals surface area (Å²) >= 11 is 0. The number of aliphatic carboxylic acids is 1. The van der Waals surface area contributed by atoms with E-state index in [1.165, 1.54) is 6.92 Å². The van der Waals surface area contributed by atoms with Crippen molar-refractivity contribution in [1.29, 1.82) is 0 Å². The second kappa shape index (κ2) is 14.1. The molecule has 8 N–H and O–H groups in total. The van der Waals surface area contributed by atoms with E-state index in [9.17, 15) is 28.8 Å². The number of carbonyl (C=O) groups is 6. The standard InChI is InChI=1S/C21H36N6O7/c1-11(2)9-15(20(32)25-12(3)21(33)34)26-17(29)10-24-18(30)14(6-7-16(22)28)27-19(31)13-5-4-8-23-13/h11-15,23H,4-10H2,1-3H3,(H2,22,28)(H,24,30)(H,25,32)(H,26,29)(H,27,31)(H,33,34). The van der Waals surface area contributed by atoms with Gasteiger partial charge >= 0.3 is 5.97 Å². The van der Waals surface area contributed by atoms with E-state index in [1.54, 1.807) is 0 Å². The molecule has 192 valence electrons. The molecule has 0 spiro atoms. The van der Waals surface area contributed by atoms with Crippen LogP contribution in [0.2, 0.25) is 0 Å². The highest BCUT2D eigenvalue weighted by Crippen LogP contribution is 2.07. The first-order valence-electron chi connectivity index (χ1n) is 11.3. The number of primary amides is 1. The topological polar surface area (TPSA) is 209 Å². The van der Waals surface area contributed by atoms with Gasteiger partial charge in [0.2, 0.25) is 29.5 Å². The van der Waals surface area contributed by atoms with Crippen LogP contribution in [0.1, 0.15) is 52.9 Å². The van der Waals surface area contributed by atoms with Crippen LogP contribution in [0.15, 0.2) is 0 Å². The second-order valence-corrected chi connectivity index (χ2v) is 8.75. The van der Waals surface area contributed by atoms with Crippen molar-refractivity contribution in [2.24, 2.45) is 11.7 Å². The number of carboxylic acid groups (broad SMARTS) is 1. The molecule has 0 aromatic heterocycles. The predicted octanol–water partition coefficient (Wildman–Crippen LogP) is -2.27. The Morgan fingerprint density at radius 1 is 1.00 bits per heavy atom. The first-order valence-corrected chi connectivity index (χ1v) is 11.3. The Morgan fingerprint density at radius 2 is 1.68 bits per heavy atom. The minimum Gasteiger partial charge on any atom is -0.480 e. The van der Waals surface area contributed by atoms with E-state index in [0.29, 0.717) is 13.0 Å². The minimum atomic E-state index is -1.22. The highest BCUT2D eigenvalue weighted by Gasteiger charge is 2.29. The molecule has 4 unspecified atom stereocenters. The third-order valence-electron chi connectivity index (χ3n) is 5.20. The van der Waals surface area contributed by atoms with Crippen molar-refractivity contribution in [2.75, 3.05) is 13.1 Å². The molecule has 0 saturated carbocycles. The van der Waals surface area contributed by atoms with Gasteiger partial charge in [0.15, 0.2) is 0 Å². The van der Waals surface area contributed by atoms with Crippen LogP contribution in [0.25, 0.3) is 0 Å². The van der Waals surface area contributed by atoms with E-state index in [-0.39, 0.29) is 31.1 Å². The third-order valence-corrected chi connectivity index (χ3v) is 5.20. The molecule has 1 aliphatic heterocycles. The fourth-order valence-corrected chi connectivity index (χ4v) is 3.35. The Labute approximate surface area is 198 Å². The van der Waals surface area contributed by atoms with Crippen molar-refractivity contribution in [3.05, 3.63) is 0 Å². The van der Waals surface area contributed by atoms with Gasteiger partial charge in [0.1, 0.15) is 18.1 Å². The Hall–Kier alpha value is -3.22. The smallest absolute Gasteiger partial charge is 0.325 e. The molecule has 1 fully saturated rings. The normalized spacial score (nSPS) is 17.8. The number of hydrogen-bond donors (Lipinski definition) is 7. The average molecular weight is 485 g/mol. The summed E-state index contributed by atoms with van der Waals surface area (Å²) in [6.07, 6.45) is 1.53. The van der Waals surface area contributed by atoms with Crippen LogP contribution in [-0.2, 0) is 28.8 Å². The maximum Gasteiger partial charge on any atom is 0.325 e. The van der Waals surface area contributed by atoms with E-state index in [4.69, 9.17) is 10.8 Å². The SMILES string of the molecule is CC(C)CC(NC(=O)CNC(=O)C(CCC(N)=O)NC(=O)C1CCCN1)C(=O)NC(C)C(=O)O. The summed E-state index contributed by atoms with van der Waals surface area (Å²) in [5.41, 5.74) is 5.16. The van der Waals surface area contributed by atoms with Crippen molar-refractivity contribution < 1.29 is 33.9 Å². The molecule has 13 heteroatoms. The number of nitrogens with two attached hydrogens (primary N) is 1. The molecule has 1 aliphatic rings. The lowest BCUT2D eigenvalue weighted by Crippen LogP contribution is -2.55. The van der Waals surface area contributed by atoms with Crippen molar-refractivity contribution in [2.45, 2.75) is 77.0 Å². The van der Waals surface area contributed by atoms with E-state index in [1.807, 2.05) is 13.8 Å². The Kier molecular flexibility index (Phi) is 12.0. The van der Waals surface area contributed by atoms with Crippen LogP contribution in [0.3, 0.4) is 0 Å². The molecule has 0 radical (unpaired) electrons. The molecule has 13 nitrogen and oxygen atoms in total. The maximum absolute atomic E-state index is 12.6. The third kappa shape index (κ3) is 10.6. The highest BCUT2D eigenvalue weighted by molar-refractivity contribution is 5.94. The van der Waals surface area contributed by atoms with Crippen LogP contribution >= 0.6 is 0 Å². The van der Waals surface area contributed by atoms with Gasteiger partial charge in [-0.1, -0.05) is 13.8 Å². The van der Waals surface area contributed by atoms with Crippen LogP contribution in [0.4, 0.5) is 0 Å². The van der Waals surface area contributed by atoms with Crippen LogP contribution in [0, 0.1) is 5.92 Å². The largest absolute Gasteiger partial charge is 0.480 e. The maximum atomic E-state index is 12.6. The summed E-state index contributed by atoms with van der Waals surface area (Å²) in [5.74, 6) is -4.22. The quantitative estimate of drug-likeness (QED) is 0.142. The van der Waals surface area contributed by atoms with E-state index >= 15 is 0 Å². The first-order chi connectivity index (χ1) is 15.9. The van der Waals surface area contributed by atoms with Crippen LogP contribution in [0.5, 0.6) is 0 Å². The molecule has 5 amide bonds. The van der Waals surface area contributed by atoms with Gasteiger partial charge in [-0.3, -0.25) is 28.8 Å². The molecule has 34 heavy (non-hydrogen) atoms. The first kappa shape index (κ1) is 28.8. The number of carbonyl (C=O) groups excluding carboxylic acids is 5. The number of nitrogens with one attached hydrogen (secondary N) is 5. The molecular formula is C21H36N6O7. The van der Waals surface area contributed by atoms with Gasteiger partial charge in [-0.2, -0.15) is 0 Å². The van der Waals surface area contributed by atoms with Gasteiger partial charge in [-0.05, 0) is 45.1 Å². The number of rotatable bonds is 14. The van der Waals surface area contributed by atoms with Gasteiger partial charge in [-0.15, -0.1) is 0 Å². The summed E-state index contributed by atoms with van der Waals surface area (Å²) in [5, 5.41) is 21.8. The molecule has 1 heterocycles. The molecule has 0 aliphatic carbocycles. The van der Waals surface area contributed by atoms with Gasteiger partial charge in [0.25, 0.3) is 0 Å². The van der Waals surface area contributed by atoms with Gasteiger partial charge in [0, 0.05) is 6.42 Å². The highest BCUT2D eigenvalue weighted by atomic mass is 16.4. The molecule has 0 aromatic rings. The zero-order valence-electron chi connectivity index (χ0n) is 19.8. The summed E-state index contributed by atoms with van der Waals surface area (Å²) in [6.45, 7) is 5.17. The molecule has 4 atom stereocenters. The van der Waals surface area contributed by atoms with Crippen molar-refractivity contribution in [3.8, 4) is 0 Å². The average Bonchev–Trinajstić information content (AvgIpc) is 3.28. The van der Waals surface area contributed by atoms with Gasteiger partial charge in [0.05, 0.1) is 12.6 Å². The van der Waals surface area contributed by atoms with Gasteiger partial charge in [-0.25, -0.2) is 0 Å². The zero-order chi connectivity index (χ0) is 25.8. The fourth-order valence-electron chi connectivity index (χ4n) is 3.35. The summed E-state index contributed by atoms with van der Waals surface area (Å²) in [4.78, 5) is 71.9. The Bertz CT molecular complexity index is 767. The second-order valence-electron chi connectivity index (χ2n) is 8.75. The molecule has 0 bridgehead atoms. The molecule has 1 saturated heterocycles. The lowest BCUT2D eigenvalue weighted by molar-refractivity contribution is -0.141. The Morgan fingerprint density at radius 3 is 2.21 bits per heavy atom. The van der Waals surface area contributed by atoms with Crippen LogP contribution in [-0.4, -0.2) is 77.9 Å². The van der Waals surface area contributed by atoms with E-state index in [0.717, 1.165) is 6.42 Å². The number of carboxylic acids is 1.